The molecular weight excluding hydrogens is 156 g/mol. The second kappa shape index (κ2) is 4.27. The Morgan fingerprint density at radius 1 is 1.31 bits per heavy atom. The Hall–Kier alpha value is -1.04. The summed E-state index contributed by atoms with van der Waals surface area (Å²) in [5.41, 5.74) is 5.57. The van der Waals surface area contributed by atoms with Crippen molar-refractivity contribution < 1.29 is 0 Å². The molecule has 0 aromatic rings. The van der Waals surface area contributed by atoms with Crippen molar-refractivity contribution in [3.05, 3.63) is 46.6 Å². The number of hydrogen-bond acceptors (Lipinski definition) is 0. The van der Waals surface area contributed by atoms with Crippen molar-refractivity contribution in [1.29, 1.82) is 0 Å². The van der Waals surface area contributed by atoms with Crippen molar-refractivity contribution in [1.82, 2.24) is 0 Å². The van der Waals surface area contributed by atoms with Crippen LogP contribution in [0.3, 0.4) is 0 Å². The molecule has 0 amide bonds. The molecule has 0 heteroatoms. The van der Waals surface area contributed by atoms with Gasteiger partial charge < -0.3 is 0 Å². The molecule has 1 aliphatic rings. The molecule has 0 aromatic carbocycles. The van der Waals surface area contributed by atoms with E-state index in [1.807, 2.05) is 0 Å². The first-order chi connectivity index (χ1) is 6.16. The zero-order valence-electron chi connectivity index (χ0n) is 9.02. The van der Waals surface area contributed by atoms with E-state index in [1.54, 1.807) is 0 Å². The molecule has 0 N–H and O–H groups in total. The van der Waals surface area contributed by atoms with Crippen LogP contribution in [0.25, 0.3) is 0 Å². The maximum atomic E-state index is 2.28. The van der Waals surface area contributed by atoms with E-state index >= 15 is 0 Å². The van der Waals surface area contributed by atoms with E-state index in [0.29, 0.717) is 0 Å². The minimum Gasteiger partial charge on any atom is -0.0844 e. The average Bonchev–Trinajstić information content (AvgIpc) is 2.67. The summed E-state index contributed by atoms with van der Waals surface area (Å²) in [7, 11) is 0. The first-order valence-corrected chi connectivity index (χ1v) is 4.84. The van der Waals surface area contributed by atoms with Gasteiger partial charge in [-0.05, 0) is 50.8 Å². The van der Waals surface area contributed by atoms with Gasteiger partial charge in [0.2, 0.25) is 0 Å². The summed E-state index contributed by atoms with van der Waals surface area (Å²) in [6.07, 6.45) is 9.95. The van der Waals surface area contributed by atoms with Crippen LogP contribution in [0.5, 0.6) is 0 Å². The predicted octanol–water partition coefficient (Wildman–Crippen LogP) is 4.18. The quantitative estimate of drug-likeness (QED) is 0.551. The van der Waals surface area contributed by atoms with Crippen LogP contribution < -0.4 is 0 Å². The molecule has 0 spiro atoms. The van der Waals surface area contributed by atoms with E-state index in [-0.39, 0.29) is 0 Å². The zero-order valence-corrected chi connectivity index (χ0v) is 9.02. The van der Waals surface area contributed by atoms with E-state index in [4.69, 9.17) is 0 Å². The van der Waals surface area contributed by atoms with Crippen LogP contribution in [-0.4, -0.2) is 0 Å². The molecule has 0 aliphatic heterocycles. The van der Waals surface area contributed by atoms with Crippen LogP contribution in [0.4, 0.5) is 0 Å². The Kier molecular flexibility index (Phi) is 3.30. The Labute approximate surface area is 81.4 Å². The third-order valence-electron chi connectivity index (χ3n) is 2.79. The van der Waals surface area contributed by atoms with Crippen LogP contribution in [0.15, 0.2) is 46.6 Å². The highest BCUT2D eigenvalue weighted by molar-refractivity contribution is 5.48. The van der Waals surface area contributed by atoms with Gasteiger partial charge in [0.05, 0.1) is 0 Å². The van der Waals surface area contributed by atoms with Crippen LogP contribution in [-0.2, 0) is 0 Å². The lowest BCUT2D eigenvalue weighted by Crippen LogP contribution is -1.88. The van der Waals surface area contributed by atoms with Crippen LogP contribution >= 0.6 is 0 Å². The van der Waals surface area contributed by atoms with Gasteiger partial charge in [0.15, 0.2) is 0 Å². The third-order valence-corrected chi connectivity index (χ3v) is 2.79. The molecule has 0 bridgehead atoms. The molecule has 0 atom stereocenters. The monoisotopic (exact) mass is 174 g/mol. The normalized spacial score (nSPS) is 18.8. The van der Waals surface area contributed by atoms with Gasteiger partial charge in [-0.25, -0.2) is 0 Å². The Bertz CT molecular complexity index is 309. The van der Waals surface area contributed by atoms with Crippen molar-refractivity contribution in [3.63, 3.8) is 0 Å². The summed E-state index contributed by atoms with van der Waals surface area (Å²) in [6.45, 7) is 8.64. The highest BCUT2D eigenvalue weighted by atomic mass is 14.1. The standard InChI is InChI=1S/C13H18/c1-5-10(2)11(3)12(4)13-8-6-7-9-13/h5-6,8-9H,7H2,1-4H3/b10-5+,12-11-. The van der Waals surface area contributed by atoms with Crippen LogP contribution in [0.1, 0.15) is 34.1 Å². The lowest BCUT2D eigenvalue weighted by Gasteiger charge is -2.07. The maximum absolute atomic E-state index is 2.28. The molecule has 0 heterocycles. The summed E-state index contributed by atoms with van der Waals surface area (Å²) in [5, 5.41) is 0. The maximum Gasteiger partial charge on any atom is -0.0157 e. The molecule has 0 fully saturated rings. The molecule has 0 radical (unpaired) electrons. The van der Waals surface area contributed by atoms with Gasteiger partial charge in [-0.3, -0.25) is 0 Å². The van der Waals surface area contributed by atoms with Gasteiger partial charge in [-0.2, -0.15) is 0 Å². The lowest BCUT2D eigenvalue weighted by molar-refractivity contribution is 1.24. The van der Waals surface area contributed by atoms with Crippen molar-refractivity contribution >= 4 is 0 Å². The van der Waals surface area contributed by atoms with E-state index in [9.17, 15) is 0 Å². The third kappa shape index (κ3) is 2.21. The second-order valence-corrected chi connectivity index (χ2v) is 3.52. The van der Waals surface area contributed by atoms with Gasteiger partial charge in [0.1, 0.15) is 0 Å². The Morgan fingerprint density at radius 2 is 2.00 bits per heavy atom. The van der Waals surface area contributed by atoms with Crippen molar-refractivity contribution in [3.8, 4) is 0 Å². The first-order valence-electron chi connectivity index (χ1n) is 4.84. The number of hydrogen-bond donors (Lipinski definition) is 0. The second-order valence-electron chi connectivity index (χ2n) is 3.52. The van der Waals surface area contributed by atoms with Gasteiger partial charge in [0.25, 0.3) is 0 Å². The first kappa shape index (κ1) is 10.0. The molecule has 0 saturated carbocycles. The topological polar surface area (TPSA) is 0 Å². The molecule has 70 valence electrons. The highest BCUT2D eigenvalue weighted by Crippen LogP contribution is 2.24. The summed E-state index contributed by atoms with van der Waals surface area (Å²) >= 11 is 0. The fraction of sp³-hybridized carbons (Fsp3) is 0.385. The minimum absolute atomic E-state index is 1.09. The van der Waals surface area contributed by atoms with Gasteiger partial charge in [-0.15, -0.1) is 0 Å². The zero-order chi connectivity index (χ0) is 9.84. The SMILES string of the molecule is C/C=C(C)/C(C)=C(/C)C1=CCC=C1. The fourth-order valence-corrected chi connectivity index (χ4v) is 1.46. The average molecular weight is 174 g/mol. The van der Waals surface area contributed by atoms with Crippen LogP contribution in [0, 0.1) is 0 Å². The van der Waals surface area contributed by atoms with Crippen LogP contribution in [0.2, 0.25) is 0 Å². The number of allylic oxidation sites excluding steroid dienone is 8. The smallest absolute Gasteiger partial charge is 0.0157 e. The molecule has 0 unspecified atom stereocenters. The van der Waals surface area contributed by atoms with Crippen molar-refractivity contribution in [2.24, 2.45) is 0 Å². The molecule has 13 heavy (non-hydrogen) atoms. The molecule has 0 aromatic heterocycles. The molecule has 0 saturated heterocycles. The summed E-state index contributed by atoms with van der Waals surface area (Å²) < 4.78 is 0. The molecule has 0 nitrogen and oxygen atoms in total. The van der Waals surface area contributed by atoms with Gasteiger partial charge in [0, 0.05) is 0 Å². The van der Waals surface area contributed by atoms with E-state index < -0.39 is 0 Å². The predicted molar refractivity (Wildman–Crippen MR) is 59.6 cm³/mol. The largest absolute Gasteiger partial charge is 0.0844 e. The Morgan fingerprint density at radius 3 is 2.46 bits per heavy atom. The van der Waals surface area contributed by atoms with E-state index in [1.165, 1.54) is 22.3 Å². The van der Waals surface area contributed by atoms with Crippen molar-refractivity contribution in [2.45, 2.75) is 34.1 Å². The van der Waals surface area contributed by atoms with Gasteiger partial charge >= 0.3 is 0 Å². The summed E-state index contributed by atoms with van der Waals surface area (Å²) in [6, 6.07) is 0. The van der Waals surface area contributed by atoms with E-state index in [2.05, 4.69) is 52.0 Å². The lowest BCUT2D eigenvalue weighted by atomic mass is 9.98. The highest BCUT2D eigenvalue weighted by Gasteiger charge is 2.04. The molecular formula is C13H18. The minimum atomic E-state index is 1.09. The van der Waals surface area contributed by atoms with E-state index in [0.717, 1.165) is 6.42 Å². The van der Waals surface area contributed by atoms with Crippen molar-refractivity contribution in [2.75, 3.05) is 0 Å². The molecule has 1 rings (SSSR count). The fourth-order valence-electron chi connectivity index (χ4n) is 1.46. The Balaban J connectivity index is 2.98. The summed E-state index contributed by atoms with van der Waals surface area (Å²) in [5.74, 6) is 0. The van der Waals surface area contributed by atoms with Gasteiger partial charge in [-0.1, -0.05) is 29.9 Å². The summed E-state index contributed by atoms with van der Waals surface area (Å²) in [4.78, 5) is 0. The number of rotatable bonds is 2. The molecule has 1 aliphatic carbocycles.